The van der Waals surface area contributed by atoms with Crippen LogP contribution in [0.4, 0.5) is 10.2 Å². The molecule has 1 unspecified atom stereocenters. The van der Waals surface area contributed by atoms with E-state index in [1.807, 2.05) is 14.6 Å². The maximum atomic E-state index is 14.7. The van der Waals surface area contributed by atoms with Crippen LogP contribution in [0.2, 0.25) is 0 Å². The van der Waals surface area contributed by atoms with Gasteiger partial charge in [-0.05, 0) is 0 Å². The number of aromatic nitrogens is 5. The first-order valence-electron chi connectivity index (χ1n) is 10.0. The van der Waals surface area contributed by atoms with Crippen LogP contribution in [0.5, 0.6) is 0 Å². The van der Waals surface area contributed by atoms with Crippen molar-refractivity contribution in [1.82, 2.24) is 22.5 Å². The van der Waals surface area contributed by atoms with Crippen LogP contribution in [-0.4, -0.2) is 67.7 Å². The number of carbonyl (C=O) groups excluding carboxylic acids is 1. The Balaban J connectivity index is 1.52. The summed E-state index contributed by atoms with van der Waals surface area (Å²) in [5.74, 6) is -0.0547. The summed E-state index contributed by atoms with van der Waals surface area (Å²) >= 11 is 0.429. The number of ether oxygens (including phenoxy) is 1. The Morgan fingerprint density at radius 1 is 1.27 bits per heavy atom. The van der Waals surface area contributed by atoms with Gasteiger partial charge in [0.15, 0.2) is 0 Å². The summed E-state index contributed by atoms with van der Waals surface area (Å²) < 4.78 is 21.6. The maximum absolute atomic E-state index is 14.7. The first-order valence-corrected chi connectivity index (χ1v) is 12.0. The predicted molar refractivity (Wildman–Crippen MR) is 108 cm³/mol. The van der Waals surface area contributed by atoms with Gasteiger partial charge in [0.1, 0.15) is 0 Å². The number of pyridine rings is 1. The van der Waals surface area contributed by atoms with Crippen molar-refractivity contribution in [3.63, 3.8) is 0 Å². The number of anilines is 1. The molecule has 0 radical (unpaired) electrons. The number of esters is 1. The topological polar surface area (TPSA) is 94.8 Å². The normalized spacial score (nSPS) is 25.4. The second kappa shape index (κ2) is 7.82. The molecule has 0 saturated heterocycles. The van der Waals surface area contributed by atoms with Gasteiger partial charge in [-0.3, -0.25) is 0 Å². The van der Waals surface area contributed by atoms with E-state index in [0.29, 0.717) is 43.5 Å². The molecule has 152 valence electrons. The molecule has 3 aliphatic carbocycles. The number of hydrogen-bond donors (Lipinski definition) is 1. The Morgan fingerprint density at radius 3 is 2.80 bits per heavy atom. The van der Waals surface area contributed by atoms with Crippen molar-refractivity contribution in [2.75, 3.05) is 12.4 Å². The number of nitrogens with one attached hydrogen (secondary N) is 1. The van der Waals surface area contributed by atoms with E-state index in [2.05, 4.69) is 25.4 Å². The number of hydrogen-bond acceptors (Lipinski definition) is 7. The number of carbonyl (C=O) groups is 1. The van der Waals surface area contributed by atoms with Crippen molar-refractivity contribution in [3.05, 3.63) is 30.3 Å². The van der Waals surface area contributed by atoms with Crippen LogP contribution in [0.1, 0.15) is 25.7 Å². The molecular formula is C20H20FN6O2Tl. The fraction of sp³-hybridized carbons (Fsp3) is 0.450. The van der Waals surface area contributed by atoms with Gasteiger partial charge in [-0.25, -0.2) is 0 Å². The predicted octanol–water partition coefficient (Wildman–Crippen LogP) is 2.35. The molecule has 2 bridgehead atoms. The van der Waals surface area contributed by atoms with Crippen molar-refractivity contribution in [1.29, 1.82) is 0 Å². The molecule has 3 fully saturated rings. The van der Waals surface area contributed by atoms with E-state index in [9.17, 15) is 9.18 Å². The zero-order valence-corrected chi connectivity index (χ0v) is 20.9. The number of halogens is 1. The van der Waals surface area contributed by atoms with Gasteiger partial charge in [0, 0.05) is 0 Å². The van der Waals surface area contributed by atoms with Gasteiger partial charge in [-0.1, -0.05) is 0 Å². The Hall–Kier alpha value is -2.18. The van der Waals surface area contributed by atoms with Gasteiger partial charge >= 0.3 is 189 Å². The van der Waals surface area contributed by atoms with Crippen molar-refractivity contribution in [2.45, 2.75) is 31.7 Å². The molecule has 3 aliphatic rings. The first-order chi connectivity index (χ1) is 14.6. The van der Waals surface area contributed by atoms with E-state index < -0.39 is 5.82 Å². The molecule has 0 spiro atoms. The van der Waals surface area contributed by atoms with Gasteiger partial charge in [0.05, 0.1) is 0 Å². The Labute approximate surface area is 188 Å². The second-order valence-corrected chi connectivity index (χ2v) is 9.85. The molecular weight excluding hydrogens is 580 g/mol. The molecule has 0 aliphatic heterocycles. The summed E-state index contributed by atoms with van der Waals surface area (Å²) in [6.45, 7) is 0. The van der Waals surface area contributed by atoms with Gasteiger partial charge in [0.2, 0.25) is 0 Å². The van der Waals surface area contributed by atoms with Gasteiger partial charge in [0.25, 0.3) is 0 Å². The minimum atomic E-state index is -0.543. The van der Waals surface area contributed by atoms with E-state index in [-0.39, 0.29) is 29.7 Å². The van der Waals surface area contributed by atoms with Crippen LogP contribution in [0.15, 0.2) is 24.5 Å². The van der Waals surface area contributed by atoms with Crippen LogP contribution >= 0.6 is 0 Å². The third-order valence-corrected chi connectivity index (χ3v) is 7.82. The molecule has 30 heavy (non-hydrogen) atoms. The molecule has 2 atom stereocenters. The summed E-state index contributed by atoms with van der Waals surface area (Å²) in [6.07, 6.45) is 6.95. The average molecular weight is 600 g/mol. The minimum absolute atomic E-state index is 0.105. The standard InChI is InChI=1S/C20H20FN6O2.Tl/c1-29-20(28)14-10-4-6-11(7-5-10)15(14)24-18-13(21)9-23-19(25-18)16-12-3-2-8-22-17(12)27-26-16;/h2-3,8-11,14-15H,4-7H2,1H3,(H-,22,23,24,25,26,27);/q-1;+1/t10?,11?,14-,15?;/m1./s1. The van der Waals surface area contributed by atoms with Crippen molar-refractivity contribution in [3.8, 4) is 11.5 Å². The van der Waals surface area contributed by atoms with Crippen LogP contribution < -0.4 is 5.32 Å². The van der Waals surface area contributed by atoms with Crippen LogP contribution in [0, 0.1) is 23.6 Å². The Bertz CT molecular complexity index is 1110. The number of rotatable bonds is 4. The molecule has 6 rings (SSSR count). The van der Waals surface area contributed by atoms with Gasteiger partial charge in [-0.15, -0.1) is 0 Å². The molecule has 3 saturated carbocycles. The van der Waals surface area contributed by atoms with Crippen LogP contribution in [0.3, 0.4) is 0 Å². The monoisotopic (exact) mass is 600 g/mol. The Kier molecular flexibility index (Phi) is 5.15. The fourth-order valence-electron chi connectivity index (χ4n) is 5.01. The second-order valence-electron chi connectivity index (χ2n) is 7.95. The zero-order valence-electron chi connectivity index (χ0n) is 16.5. The zero-order chi connectivity index (χ0) is 20.8. The van der Waals surface area contributed by atoms with Gasteiger partial charge < -0.3 is 0 Å². The molecule has 0 amide bonds. The molecule has 3 heterocycles. The molecule has 1 N–H and O–H groups in total. The third-order valence-electron chi connectivity index (χ3n) is 6.42. The number of nitrogens with zero attached hydrogens (tertiary/aromatic N) is 5. The summed E-state index contributed by atoms with van der Waals surface area (Å²) in [7, 11) is 1.41. The average Bonchev–Trinajstić information content (AvgIpc) is 3.12. The van der Waals surface area contributed by atoms with Crippen molar-refractivity contribution in [2.24, 2.45) is 17.8 Å². The van der Waals surface area contributed by atoms with E-state index in [1.54, 1.807) is 6.20 Å². The van der Waals surface area contributed by atoms with E-state index in [4.69, 9.17) is 4.74 Å². The molecule has 8 nitrogen and oxygen atoms in total. The van der Waals surface area contributed by atoms with E-state index in [0.717, 1.165) is 42.9 Å². The SMILES string of the molecule is COC(=O)[C@@H]1C2CCC(CC2)C1Nc1nc(-c2n[n]([Tl])c3ncccc23)ncc1F. The summed E-state index contributed by atoms with van der Waals surface area (Å²) in [5, 5.41) is 8.63. The van der Waals surface area contributed by atoms with Gasteiger partial charge in [-0.2, -0.15) is 0 Å². The van der Waals surface area contributed by atoms with Crippen LogP contribution in [0.25, 0.3) is 22.6 Å². The van der Waals surface area contributed by atoms with Crippen molar-refractivity contribution < 1.29 is 13.9 Å². The van der Waals surface area contributed by atoms with E-state index in [1.165, 1.54) is 7.11 Å². The Morgan fingerprint density at radius 2 is 2.03 bits per heavy atom. The number of methoxy groups -OCH3 is 1. The fourth-order valence-corrected chi connectivity index (χ4v) is 6.26. The quantitative estimate of drug-likeness (QED) is 0.364. The molecule has 3 aromatic rings. The number of fused-ring (bicyclic) bond motifs is 4. The third kappa shape index (κ3) is 3.26. The summed E-state index contributed by atoms with van der Waals surface area (Å²) in [6, 6.07) is 3.55. The molecule has 0 aromatic carbocycles. The first kappa shape index (κ1) is 19.8. The molecule has 10 heteroatoms. The van der Waals surface area contributed by atoms with E-state index >= 15 is 0 Å². The summed E-state index contributed by atoms with van der Waals surface area (Å²) in [5.41, 5.74) is 1.36. The van der Waals surface area contributed by atoms with Crippen LogP contribution in [-0.2, 0) is 9.53 Å². The summed E-state index contributed by atoms with van der Waals surface area (Å²) in [4.78, 5) is 25.5. The molecule has 3 aromatic heterocycles. The van der Waals surface area contributed by atoms with Crippen molar-refractivity contribution >= 4 is 48.9 Å².